The molecule has 0 unspecified atom stereocenters. The third-order valence-corrected chi connectivity index (χ3v) is 9.01. The first-order valence-corrected chi connectivity index (χ1v) is 17.2. The van der Waals surface area contributed by atoms with Gasteiger partial charge >= 0.3 is 12.1 Å². The number of likely N-dealkylation sites (N-methyl/N-ethyl adjacent to an activating group) is 1. The van der Waals surface area contributed by atoms with E-state index in [0.29, 0.717) is 58.8 Å². The van der Waals surface area contributed by atoms with Gasteiger partial charge in [0.1, 0.15) is 17.1 Å². The first-order valence-electron chi connectivity index (χ1n) is 17.2. The molecule has 4 N–H and O–H groups in total. The summed E-state index contributed by atoms with van der Waals surface area (Å²) in [5.74, 6) is 1.37. The molecule has 276 valence electrons. The van der Waals surface area contributed by atoms with Crippen LogP contribution in [0.3, 0.4) is 0 Å². The fourth-order valence-electron chi connectivity index (χ4n) is 5.95. The molecule has 0 aliphatic carbocycles. The predicted molar refractivity (Wildman–Crippen MR) is 190 cm³/mol. The van der Waals surface area contributed by atoms with Crippen molar-refractivity contribution in [2.45, 2.75) is 72.1 Å². The number of aryl methyl sites for hydroxylation is 2. The van der Waals surface area contributed by atoms with Crippen molar-refractivity contribution in [1.29, 1.82) is 0 Å². The number of urea groups is 2. The first-order chi connectivity index (χ1) is 24.4. The lowest BCUT2D eigenvalue weighted by Gasteiger charge is -2.35. The molecule has 4 atom stereocenters. The van der Waals surface area contributed by atoms with Crippen LogP contribution >= 0.6 is 0 Å². The zero-order chi connectivity index (χ0) is 36.7. The van der Waals surface area contributed by atoms with E-state index in [4.69, 9.17) is 23.5 Å². The second kappa shape index (κ2) is 16.8. The molecule has 15 nitrogen and oxygen atoms in total. The molecule has 2 aliphatic rings. The maximum absolute atomic E-state index is 14.4. The van der Waals surface area contributed by atoms with Gasteiger partial charge in [-0.05, 0) is 77.3 Å². The Balaban J connectivity index is 1.36. The Hall–Kier alpha value is -5.02. The minimum Gasteiger partial charge on any atom is -0.490 e. The van der Waals surface area contributed by atoms with E-state index >= 15 is 0 Å². The van der Waals surface area contributed by atoms with Gasteiger partial charge in [0.15, 0.2) is 17.3 Å². The number of aliphatic hydroxyl groups is 1. The second-order valence-corrected chi connectivity index (χ2v) is 13.2. The van der Waals surface area contributed by atoms with Gasteiger partial charge in [-0.1, -0.05) is 12.1 Å². The molecule has 0 spiro atoms. The maximum atomic E-state index is 14.4. The van der Waals surface area contributed by atoms with Crippen LogP contribution in [0, 0.1) is 19.8 Å². The number of aliphatic hydroxyl groups excluding tert-OH is 1. The molecule has 3 aromatic rings. The Kier molecular flexibility index (Phi) is 12.3. The molecule has 0 saturated carbocycles. The average molecular weight is 709 g/mol. The summed E-state index contributed by atoms with van der Waals surface area (Å²) in [5.41, 5.74) is 2.21. The number of carbonyl (C=O) groups is 3. The van der Waals surface area contributed by atoms with Crippen molar-refractivity contribution in [1.82, 2.24) is 15.0 Å². The quantitative estimate of drug-likeness (QED) is 0.241. The van der Waals surface area contributed by atoms with Crippen molar-refractivity contribution < 1.29 is 43.0 Å². The number of amides is 5. The molecule has 5 amide bonds. The zero-order valence-corrected chi connectivity index (χ0v) is 30.0. The summed E-state index contributed by atoms with van der Waals surface area (Å²) >= 11 is 0. The van der Waals surface area contributed by atoms with E-state index in [-0.39, 0.29) is 56.0 Å². The van der Waals surface area contributed by atoms with Crippen molar-refractivity contribution in [3.63, 3.8) is 0 Å². The average Bonchev–Trinajstić information content (AvgIpc) is 3.70. The van der Waals surface area contributed by atoms with Crippen LogP contribution in [0.25, 0.3) is 0 Å². The number of aromatic nitrogens is 1. The number of benzene rings is 2. The number of rotatable bonds is 7. The molecule has 0 fully saturated rings. The highest BCUT2D eigenvalue weighted by Crippen LogP contribution is 2.34. The Labute approximate surface area is 297 Å². The molecule has 0 radical (unpaired) electrons. The normalized spacial score (nSPS) is 20.0. The van der Waals surface area contributed by atoms with Gasteiger partial charge in [-0.15, -0.1) is 0 Å². The summed E-state index contributed by atoms with van der Waals surface area (Å²) in [6.07, 6.45) is 1.66. The Bertz CT molecular complexity index is 1680. The fourth-order valence-corrected chi connectivity index (χ4v) is 5.95. The van der Waals surface area contributed by atoms with Crippen LogP contribution in [0.2, 0.25) is 0 Å². The van der Waals surface area contributed by atoms with E-state index < -0.39 is 18.2 Å². The molecule has 15 heteroatoms. The molecule has 2 aliphatic heterocycles. The highest BCUT2D eigenvalue weighted by molar-refractivity contribution is 6.02. The number of hydrogen-bond donors (Lipinski definition) is 4. The molecule has 5 rings (SSSR count). The van der Waals surface area contributed by atoms with Gasteiger partial charge in [-0.2, -0.15) is 0 Å². The number of nitrogens with one attached hydrogen (secondary N) is 3. The van der Waals surface area contributed by atoms with Crippen LogP contribution in [0.4, 0.5) is 26.7 Å². The van der Waals surface area contributed by atoms with Crippen molar-refractivity contribution in [3.8, 4) is 17.2 Å². The highest BCUT2D eigenvalue weighted by atomic mass is 16.7. The highest BCUT2D eigenvalue weighted by Gasteiger charge is 2.31. The topological polar surface area (TPSA) is 177 Å². The van der Waals surface area contributed by atoms with E-state index in [1.165, 1.54) is 4.90 Å². The number of ether oxygens (including phenoxy) is 4. The number of anilines is 3. The minimum absolute atomic E-state index is 0.117. The molecule has 0 saturated heterocycles. The Morgan fingerprint density at radius 1 is 1.02 bits per heavy atom. The molecular formula is C36H48N6O9. The number of hydrogen-bond acceptors (Lipinski definition) is 10. The van der Waals surface area contributed by atoms with E-state index in [2.05, 4.69) is 21.1 Å². The molecule has 3 heterocycles. The lowest BCUT2D eigenvalue weighted by Crippen LogP contribution is -2.48. The summed E-state index contributed by atoms with van der Waals surface area (Å²) in [6.45, 7) is 9.89. The first kappa shape index (κ1) is 37.2. The van der Waals surface area contributed by atoms with Crippen LogP contribution in [-0.2, 0) is 4.74 Å². The molecule has 1 aromatic heterocycles. The summed E-state index contributed by atoms with van der Waals surface area (Å²) in [6, 6.07) is 8.58. The summed E-state index contributed by atoms with van der Waals surface area (Å²) in [7, 11) is 1.68. The minimum atomic E-state index is -0.565. The van der Waals surface area contributed by atoms with Crippen molar-refractivity contribution in [2.75, 3.05) is 56.1 Å². The van der Waals surface area contributed by atoms with Gasteiger partial charge in [0.05, 0.1) is 30.4 Å². The van der Waals surface area contributed by atoms with E-state index in [1.54, 1.807) is 69.1 Å². The summed E-state index contributed by atoms with van der Waals surface area (Å²) in [5, 5.41) is 22.6. The van der Waals surface area contributed by atoms with Gasteiger partial charge < -0.3 is 54.3 Å². The number of nitrogens with zero attached hydrogens (tertiary/aromatic N) is 3. The number of fused-ring (bicyclic) bond motifs is 2. The fraction of sp³-hybridized carbons (Fsp3) is 0.500. The van der Waals surface area contributed by atoms with Gasteiger partial charge in [0.25, 0.3) is 5.91 Å². The summed E-state index contributed by atoms with van der Waals surface area (Å²) in [4.78, 5) is 43.7. The SMILES string of the molecule is Cc1noc(C)c1NC(=O)N(C)C[C@@H]1OCCCC[C@@H](C)Oc2ccc(NC(=O)Nc3ccc4c(c3)OCO4)cc2C(=O)N([C@@H](C)CO)C[C@H]1C. The zero-order valence-electron chi connectivity index (χ0n) is 30.0. The van der Waals surface area contributed by atoms with Gasteiger partial charge in [0.2, 0.25) is 6.79 Å². The smallest absolute Gasteiger partial charge is 0.323 e. The summed E-state index contributed by atoms with van der Waals surface area (Å²) < 4.78 is 28.6. The van der Waals surface area contributed by atoms with Crippen molar-refractivity contribution >= 4 is 35.0 Å². The molecule has 51 heavy (non-hydrogen) atoms. The van der Waals surface area contributed by atoms with E-state index in [9.17, 15) is 19.5 Å². The van der Waals surface area contributed by atoms with Gasteiger partial charge in [-0.3, -0.25) is 4.79 Å². The third-order valence-electron chi connectivity index (χ3n) is 9.01. The van der Waals surface area contributed by atoms with Crippen LogP contribution in [0.1, 0.15) is 61.8 Å². The Morgan fingerprint density at radius 3 is 2.43 bits per heavy atom. The molecule has 2 aromatic carbocycles. The molecular weight excluding hydrogens is 660 g/mol. The van der Waals surface area contributed by atoms with Gasteiger partial charge in [0, 0.05) is 50.1 Å². The lowest BCUT2D eigenvalue weighted by atomic mass is 10.0. The van der Waals surface area contributed by atoms with Crippen LogP contribution < -0.4 is 30.2 Å². The third kappa shape index (κ3) is 9.41. The maximum Gasteiger partial charge on any atom is 0.323 e. The van der Waals surface area contributed by atoms with Crippen LogP contribution in [-0.4, -0.2) is 96.4 Å². The van der Waals surface area contributed by atoms with E-state index in [1.807, 2.05) is 13.8 Å². The monoisotopic (exact) mass is 708 g/mol. The largest absolute Gasteiger partial charge is 0.490 e. The standard InChI is InChI=1S/C36H48N6O9/c1-21-17-42(22(2)19-43)34(44)28-15-26(37-35(45)38-27-11-13-30-31(16-27)49-20-48-30)10-12-29(28)50-23(3)9-7-8-14-47-32(21)18-41(6)36(46)39-33-24(4)40-51-25(33)5/h10-13,15-16,21-23,32,43H,7-9,14,17-20H2,1-6H3,(H,39,46)(H2,37,38,45)/t21-,22+,23-,32+/m1/s1. The van der Waals surface area contributed by atoms with E-state index in [0.717, 1.165) is 12.8 Å². The van der Waals surface area contributed by atoms with Crippen LogP contribution in [0.15, 0.2) is 40.9 Å². The second-order valence-electron chi connectivity index (χ2n) is 13.2. The Morgan fingerprint density at radius 2 is 1.73 bits per heavy atom. The predicted octanol–water partition coefficient (Wildman–Crippen LogP) is 5.62. The van der Waals surface area contributed by atoms with Crippen molar-refractivity contribution in [2.24, 2.45) is 5.92 Å². The number of carbonyl (C=O) groups excluding carboxylic acids is 3. The van der Waals surface area contributed by atoms with Gasteiger partial charge in [-0.25, -0.2) is 9.59 Å². The molecule has 0 bridgehead atoms. The van der Waals surface area contributed by atoms with Crippen molar-refractivity contribution in [3.05, 3.63) is 53.4 Å². The lowest BCUT2D eigenvalue weighted by molar-refractivity contribution is -0.0115. The van der Waals surface area contributed by atoms with Crippen LogP contribution in [0.5, 0.6) is 17.2 Å².